The second kappa shape index (κ2) is 6.67. The van der Waals surface area contributed by atoms with E-state index in [9.17, 15) is 13.5 Å². The van der Waals surface area contributed by atoms with E-state index < -0.39 is 10.0 Å². The summed E-state index contributed by atoms with van der Waals surface area (Å²) in [6, 6.07) is 6.55. The summed E-state index contributed by atoms with van der Waals surface area (Å²) >= 11 is 0. The van der Waals surface area contributed by atoms with E-state index in [0.717, 1.165) is 25.9 Å². The second-order valence-corrected chi connectivity index (χ2v) is 7.12. The molecule has 0 aliphatic carbocycles. The normalized spacial score (nSPS) is 21.0. The quantitative estimate of drug-likeness (QED) is 0.843. The molecule has 1 aliphatic rings. The highest BCUT2D eigenvalue weighted by atomic mass is 32.2. The average Bonchev–Trinajstić information content (AvgIpc) is 2.45. The van der Waals surface area contributed by atoms with E-state index in [4.69, 9.17) is 0 Å². The molecule has 0 saturated carbocycles. The Labute approximate surface area is 120 Å². The number of hydrogen-bond donors (Lipinski definition) is 2. The largest absolute Gasteiger partial charge is 0.392 e. The van der Waals surface area contributed by atoms with Gasteiger partial charge < -0.3 is 10.0 Å². The van der Waals surface area contributed by atoms with Crippen LogP contribution in [0.5, 0.6) is 0 Å². The number of rotatable bonds is 5. The third-order valence-electron chi connectivity index (χ3n) is 3.72. The summed E-state index contributed by atoms with van der Waals surface area (Å²) in [6.45, 7) is 2.18. The van der Waals surface area contributed by atoms with E-state index in [1.807, 2.05) is 0 Å². The highest BCUT2D eigenvalue weighted by molar-refractivity contribution is 7.89. The summed E-state index contributed by atoms with van der Waals surface area (Å²) in [5.41, 5.74) is 0.431. The molecule has 1 aliphatic heterocycles. The standard InChI is InChI=1S/C14H22N2O3S/c1-16-8-4-5-12(10-16)9-15-20(18,19)14-7-3-2-6-13(14)11-17/h2-3,6-7,12,15,17H,4-5,8-11H2,1H3. The van der Waals surface area contributed by atoms with E-state index in [2.05, 4.69) is 16.7 Å². The van der Waals surface area contributed by atoms with Gasteiger partial charge in [-0.05, 0) is 44.0 Å². The van der Waals surface area contributed by atoms with Crippen molar-refractivity contribution in [3.8, 4) is 0 Å². The zero-order valence-corrected chi connectivity index (χ0v) is 12.6. The number of likely N-dealkylation sites (tertiary alicyclic amines) is 1. The highest BCUT2D eigenvalue weighted by Crippen LogP contribution is 2.18. The number of nitrogens with one attached hydrogen (secondary N) is 1. The van der Waals surface area contributed by atoms with Crippen molar-refractivity contribution in [2.75, 3.05) is 26.7 Å². The van der Waals surface area contributed by atoms with Gasteiger partial charge in [0.2, 0.25) is 10.0 Å². The Hall–Kier alpha value is -0.950. The topological polar surface area (TPSA) is 69.6 Å². The van der Waals surface area contributed by atoms with E-state index in [-0.39, 0.29) is 11.5 Å². The molecule has 2 N–H and O–H groups in total. The van der Waals surface area contributed by atoms with E-state index in [0.29, 0.717) is 18.0 Å². The van der Waals surface area contributed by atoms with Crippen molar-refractivity contribution in [1.29, 1.82) is 0 Å². The van der Waals surface area contributed by atoms with Crippen LogP contribution >= 0.6 is 0 Å². The Morgan fingerprint density at radius 2 is 2.15 bits per heavy atom. The maximum Gasteiger partial charge on any atom is 0.240 e. The summed E-state index contributed by atoms with van der Waals surface area (Å²) in [4.78, 5) is 2.40. The van der Waals surface area contributed by atoms with Crippen molar-refractivity contribution >= 4 is 10.0 Å². The summed E-state index contributed by atoms with van der Waals surface area (Å²) in [5.74, 6) is 0.352. The Balaban J connectivity index is 2.04. The van der Waals surface area contributed by atoms with E-state index >= 15 is 0 Å². The van der Waals surface area contributed by atoms with Crippen molar-refractivity contribution in [2.24, 2.45) is 5.92 Å². The van der Waals surface area contributed by atoms with Crippen LogP contribution in [0.4, 0.5) is 0 Å². The van der Waals surface area contributed by atoms with Gasteiger partial charge in [-0.2, -0.15) is 0 Å². The monoisotopic (exact) mass is 298 g/mol. The number of aliphatic hydroxyl groups is 1. The zero-order valence-electron chi connectivity index (χ0n) is 11.7. The van der Waals surface area contributed by atoms with Gasteiger partial charge in [0, 0.05) is 13.1 Å². The van der Waals surface area contributed by atoms with Gasteiger partial charge in [0.15, 0.2) is 0 Å². The third kappa shape index (κ3) is 3.79. The van der Waals surface area contributed by atoms with Crippen LogP contribution < -0.4 is 4.72 Å². The van der Waals surface area contributed by atoms with Crippen LogP contribution in [0.15, 0.2) is 29.2 Å². The van der Waals surface area contributed by atoms with Crippen molar-refractivity contribution in [2.45, 2.75) is 24.3 Å². The van der Waals surface area contributed by atoms with Gasteiger partial charge in [-0.3, -0.25) is 0 Å². The molecule has 0 spiro atoms. The molecule has 112 valence electrons. The summed E-state index contributed by atoms with van der Waals surface area (Å²) in [7, 11) is -1.49. The molecule has 0 bridgehead atoms. The van der Waals surface area contributed by atoms with Gasteiger partial charge in [-0.1, -0.05) is 18.2 Å². The molecule has 0 aromatic heterocycles. The molecular weight excluding hydrogens is 276 g/mol. The van der Waals surface area contributed by atoms with E-state index in [1.54, 1.807) is 18.2 Å². The molecule has 2 rings (SSSR count). The summed E-state index contributed by atoms with van der Waals surface area (Å²) in [6.07, 6.45) is 2.16. The van der Waals surface area contributed by atoms with Crippen LogP contribution in [0.2, 0.25) is 0 Å². The number of piperidine rings is 1. The molecule has 1 unspecified atom stereocenters. The molecule has 1 heterocycles. The average molecular weight is 298 g/mol. The molecule has 0 radical (unpaired) electrons. The number of benzene rings is 1. The maximum absolute atomic E-state index is 12.3. The number of hydrogen-bond acceptors (Lipinski definition) is 4. The third-order valence-corrected chi connectivity index (χ3v) is 5.24. The maximum atomic E-state index is 12.3. The summed E-state index contributed by atoms with van der Waals surface area (Å²) in [5, 5.41) is 9.23. The molecule has 1 saturated heterocycles. The van der Waals surface area contributed by atoms with Crippen LogP contribution in [-0.2, 0) is 16.6 Å². The van der Waals surface area contributed by atoms with Gasteiger partial charge in [0.25, 0.3) is 0 Å². The minimum absolute atomic E-state index is 0.173. The molecule has 5 nitrogen and oxygen atoms in total. The Kier molecular flexibility index (Phi) is 5.15. The summed E-state index contributed by atoms with van der Waals surface area (Å²) < 4.78 is 27.3. The highest BCUT2D eigenvalue weighted by Gasteiger charge is 2.22. The first kappa shape index (κ1) is 15.4. The van der Waals surface area contributed by atoms with Crippen LogP contribution in [0, 0.1) is 5.92 Å². The van der Waals surface area contributed by atoms with Crippen molar-refractivity contribution in [3.05, 3.63) is 29.8 Å². The van der Waals surface area contributed by atoms with E-state index in [1.165, 1.54) is 6.07 Å². The molecule has 1 fully saturated rings. The van der Waals surface area contributed by atoms with Crippen LogP contribution in [-0.4, -0.2) is 45.1 Å². The fraction of sp³-hybridized carbons (Fsp3) is 0.571. The van der Waals surface area contributed by atoms with Gasteiger partial charge in [0.05, 0.1) is 11.5 Å². The van der Waals surface area contributed by atoms with Crippen LogP contribution in [0.3, 0.4) is 0 Å². The Morgan fingerprint density at radius 3 is 2.85 bits per heavy atom. The smallest absolute Gasteiger partial charge is 0.240 e. The second-order valence-electron chi connectivity index (χ2n) is 5.39. The van der Waals surface area contributed by atoms with Gasteiger partial charge >= 0.3 is 0 Å². The predicted molar refractivity (Wildman–Crippen MR) is 77.8 cm³/mol. The van der Waals surface area contributed by atoms with Crippen LogP contribution in [0.1, 0.15) is 18.4 Å². The van der Waals surface area contributed by atoms with Gasteiger partial charge in [-0.25, -0.2) is 13.1 Å². The Bertz CT molecular complexity index is 545. The number of nitrogens with zero attached hydrogens (tertiary/aromatic N) is 1. The predicted octanol–water partition coefficient (Wildman–Crippen LogP) is 0.799. The Morgan fingerprint density at radius 1 is 1.40 bits per heavy atom. The lowest BCUT2D eigenvalue weighted by Crippen LogP contribution is -2.39. The molecule has 1 aromatic rings. The zero-order chi connectivity index (χ0) is 14.6. The van der Waals surface area contributed by atoms with Crippen molar-refractivity contribution in [3.63, 3.8) is 0 Å². The first-order valence-corrected chi connectivity index (χ1v) is 8.38. The minimum atomic E-state index is -3.55. The van der Waals surface area contributed by atoms with Gasteiger partial charge in [0.1, 0.15) is 0 Å². The molecule has 6 heteroatoms. The SMILES string of the molecule is CN1CCCC(CNS(=O)(=O)c2ccccc2CO)C1. The minimum Gasteiger partial charge on any atom is -0.392 e. The fourth-order valence-corrected chi connectivity index (χ4v) is 3.99. The lowest BCUT2D eigenvalue weighted by atomic mass is 9.99. The first-order chi connectivity index (χ1) is 9.53. The molecule has 0 amide bonds. The molecule has 1 atom stereocenters. The number of sulfonamides is 1. The lowest BCUT2D eigenvalue weighted by Gasteiger charge is -2.29. The number of aliphatic hydroxyl groups excluding tert-OH is 1. The van der Waals surface area contributed by atoms with Crippen LogP contribution in [0.25, 0.3) is 0 Å². The lowest BCUT2D eigenvalue weighted by molar-refractivity contribution is 0.211. The van der Waals surface area contributed by atoms with Crippen molar-refractivity contribution in [1.82, 2.24) is 9.62 Å². The van der Waals surface area contributed by atoms with Gasteiger partial charge in [-0.15, -0.1) is 0 Å². The fourth-order valence-electron chi connectivity index (χ4n) is 2.64. The van der Waals surface area contributed by atoms with Crippen molar-refractivity contribution < 1.29 is 13.5 Å². The molecule has 1 aromatic carbocycles. The first-order valence-electron chi connectivity index (χ1n) is 6.90. The molecular formula is C14H22N2O3S. The molecule has 20 heavy (non-hydrogen) atoms.